The maximum Gasteiger partial charge on any atom is 0.171 e. The number of anilines is 2. The van der Waals surface area contributed by atoms with E-state index in [2.05, 4.69) is 9.97 Å². The van der Waals surface area contributed by atoms with Gasteiger partial charge < -0.3 is 10.6 Å². The summed E-state index contributed by atoms with van der Waals surface area (Å²) in [4.78, 5) is 10.5. The molecule has 0 spiro atoms. The second-order valence-corrected chi connectivity index (χ2v) is 3.32. The third-order valence-electron chi connectivity index (χ3n) is 2.00. The fraction of sp³-hybridized carbons (Fsp3) is 0.200. The number of nitrogen functional groups attached to an aromatic ring is 1. The number of nitrogens with two attached hydrogens (primary N) is 1. The monoisotopic (exact) mass is 188 g/mol. The Morgan fingerprint density at radius 1 is 1.07 bits per heavy atom. The van der Waals surface area contributed by atoms with Gasteiger partial charge in [0.15, 0.2) is 11.6 Å². The van der Waals surface area contributed by atoms with E-state index >= 15 is 0 Å². The summed E-state index contributed by atoms with van der Waals surface area (Å²) in [7, 11) is 3.80. The van der Waals surface area contributed by atoms with Gasteiger partial charge in [0.05, 0.1) is 11.0 Å². The Labute approximate surface area is 82.4 Å². The fourth-order valence-electron chi connectivity index (χ4n) is 1.33. The van der Waals surface area contributed by atoms with Gasteiger partial charge in [0.25, 0.3) is 0 Å². The highest BCUT2D eigenvalue weighted by molar-refractivity contribution is 5.79. The van der Waals surface area contributed by atoms with Crippen LogP contribution in [0.1, 0.15) is 0 Å². The molecule has 0 bridgehead atoms. The number of para-hydroxylation sites is 2. The summed E-state index contributed by atoms with van der Waals surface area (Å²) in [5.74, 6) is 1.18. The highest BCUT2D eigenvalue weighted by atomic mass is 15.2. The molecule has 0 aliphatic heterocycles. The Morgan fingerprint density at radius 3 is 2.21 bits per heavy atom. The molecule has 0 fully saturated rings. The molecule has 0 radical (unpaired) electrons. The minimum atomic E-state index is 0.466. The maximum absolute atomic E-state index is 5.77. The van der Waals surface area contributed by atoms with Gasteiger partial charge in [-0.2, -0.15) is 0 Å². The Kier molecular flexibility index (Phi) is 1.96. The van der Waals surface area contributed by atoms with Crippen LogP contribution in [-0.4, -0.2) is 24.1 Å². The molecule has 72 valence electrons. The van der Waals surface area contributed by atoms with E-state index in [1.54, 1.807) is 0 Å². The van der Waals surface area contributed by atoms with Crippen molar-refractivity contribution in [3.05, 3.63) is 24.3 Å². The zero-order chi connectivity index (χ0) is 10.1. The average Bonchev–Trinajstić information content (AvgIpc) is 2.16. The van der Waals surface area contributed by atoms with Crippen molar-refractivity contribution in [3.8, 4) is 0 Å². The van der Waals surface area contributed by atoms with Crippen LogP contribution in [-0.2, 0) is 0 Å². The highest BCUT2D eigenvalue weighted by Gasteiger charge is 2.06. The lowest BCUT2D eigenvalue weighted by Crippen LogP contribution is -2.14. The summed E-state index contributed by atoms with van der Waals surface area (Å²) >= 11 is 0. The van der Waals surface area contributed by atoms with E-state index in [1.165, 1.54) is 0 Å². The van der Waals surface area contributed by atoms with Crippen LogP contribution in [0, 0.1) is 0 Å². The standard InChI is InChI=1S/C10H12N4/c1-14(2)10-9(11)12-7-5-3-4-6-8(7)13-10/h3-6H,1-2H3,(H2,11,12). The van der Waals surface area contributed by atoms with Crippen LogP contribution in [0.15, 0.2) is 24.3 Å². The Balaban J connectivity index is 2.71. The van der Waals surface area contributed by atoms with Crippen molar-refractivity contribution in [2.75, 3.05) is 24.7 Å². The molecule has 0 atom stereocenters. The lowest BCUT2D eigenvalue weighted by molar-refractivity contribution is 1.07. The zero-order valence-corrected chi connectivity index (χ0v) is 8.23. The van der Waals surface area contributed by atoms with E-state index in [-0.39, 0.29) is 0 Å². The van der Waals surface area contributed by atoms with Gasteiger partial charge in [0, 0.05) is 14.1 Å². The molecule has 0 amide bonds. The van der Waals surface area contributed by atoms with Crippen molar-refractivity contribution in [3.63, 3.8) is 0 Å². The summed E-state index contributed by atoms with van der Waals surface area (Å²) in [6.07, 6.45) is 0. The molecule has 4 nitrogen and oxygen atoms in total. The average molecular weight is 188 g/mol. The van der Waals surface area contributed by atoms with Crippen LogP contribution in [0.2, 0.25) is 0 Å². The predicted molar refractivity (Wildman–Crippen MR) is 58.3 cm³/mol. The van der Waals surface area contributed by atoms with Gasteiger partial charge in [-0.15, -0.1) is 0 Å². The number of hydrogen-bond acceptors (Lipinski definition) is 4. The van der Waals surface area contributed by atoms with Gasteiger partial charge in [-0.1, -0.05) is 12.1 Å². The van der Waals surface area contributed by atoms with E-state index in [9.17, 15) is 0 Å². The molecule has 0 aliphatic carbocycles. The van der Waals surface area contributed by atoms with Crippen molar-refractivity contribution in [1.29, 1.82) is 0 Å². The van der Waals surface area contributed by atoms with Crippen molar-refractivity contribution >= 4 is 22.7 Å². The number of rotatable bonds is 1. The van der Waals surface area contributed by atoms with E-state index in [0.29, 0.717) is 11.6 Å². The van der Waals surface area contributed by atoms with Gasteiger partial charge in [0.2, 0.25) is 0 Å². The van der Waals surface area contributed by atoms with Gasteiger partial charge in [0.1, 0.15) is 0 Å². The normalized spacial score (nSPS) is 10.4. The minimum absolute atomic E-state index is 0.466. The zero-order valence-electron chi connectivity index (χ0n) is 8.23. The van der Waals surface area contributed by atoms with Crippen LogP contribution in [0.5, 0.6) is 0 Å². The van der Waals surface area contributed by atoms with Gasteiger partial charge in [-0.05, 0) is 12.1 Å². The van der Waals surface area contributed by atoms with Crippen molar-refractivity contribution in [2.24, 2.45) is 0 Å². The SMILES string of the molecule is CN(C)c1nc2ccccc2nc1N. The predicted octanol–water partition coefficient (Wildman–Crippen LogP) is 1.28. The van der Waals surface area contributed by atoms with Crippen molar-refractivity contribution in [2.45, 2.75) is 0 Å². The van der Waals surface area contributed by atoms with Gasteiger partial charge >= 0.3 is 0 Å². The third kappa shape index (κ3) is 1.35. The molecular formula is C10H12N4. The molecule has 0 aliphatic rings. The molecule has 0 unspecified atom stereocenters. The molecule has 14 heavy (non-hydrogen) atoms. The minimum Gasteiger partial charge on any atom is -0.381 e. The summed E-state index contributed by atoms with van der Waals surface area (Å²) in [5.41, 5.74) is 7.47. The summed E-state index contributed by atoms with van der Waals surface area (Å²) in [6.45, 7) is 0. The largest absolute Gasteiger partial charge is 0.381 e. The first kappa shape index (κ1) is 8.74. The molecule has 1 aromatic carbocycles. The highest BCUT2D eigenvalue weighted by Crippen LogP contribution is 2.19. The molecule has 1 aromatic heterocycles. The number of aromatic nitrogens is 2. The maximum atomic E-state index is 5.77. The lowest BCUT2D eigenvalue weighted by Gasteiger charge is -2.13. The lowest BCUT2D eigenvalue weighted by atomic mass is 10.3. The third-order valence-corrected chi connectivity index (χ3v) is 2.00. The quantitative estimate of drug-likeness (QED) is 0.732. The first-order valence-corrected chi connectivity index (χ1v) is 4.38. The molecule has 2 N–H and O–H groups in total. The Morgan fingerprint density at radius 2 is 1.64 bits per heavy atom. The van der Waals surface area contributed by atoms with Crippen LogP contribution < -0.4 is 10.6 Å². The summed E-state index contributed by atoms with van der Waals surface area (Å²) in [6, 6.07) is 7.69. The smallest absolute Gasteiger partial charge is 0.171 e. The molecule has 0 saturated heterocycles. The second-order valence-electron chi connectivity index (χ2n) is 3.32. The van der Waals surface area contributed by atoms with Crippen molar-refractivity contribution in [1.82, 2.24) is 9.97 Å². The number of benzene rings is 1. The van der Waals surface area contributed by atoms with E-state index in [0.717, 1.165) is 11.0 Å². The molecule has 0 saturated carbocycles. The molecule has 2 aromatic rings. The molecule has 1 heterocycles. The van der Waals surface area contributed by atoms with Gasteiger partial charge in [-0.25, -0.2) is 9.97 Å². The molecule has 2 rings (SSSR count). The van der Waals surface area contributed by atoms with Crippen LogP contribution in [0.4, 0.5) is 11.6 Å². The number of nitrogens with zero attached hydrogens (tertiary/aromatic N) is 3. The topological polar surface area (TPSA) is 55.0 Å². The summed E-state index contributed by atoms with van der Waals surface area (Å²) in [5, 5.41) is 0. The summed E-state index contributed by atoms with van der Waals surface area (Å²) < 4.78 is 0. The Bertz CT molecular complexity index is 465. The molecule has 4 heteroatoms. The second kappa shape index (κ2) is 3.14. The van der Waals surface area contributed by atoms with Gasteiger partial charge in [-0.3, -0.25) is 0 Å². The fourth-order valence-corrected chi connectivity index (χ4v) is 1.33. The van der Waals surface area contributed by atoms with E-state index < -0.39 is 0 Å². The van der Waals surface area contributed by atoms with Crippen LogP contribution >= 0.6 is 0 Å². The number of hydrogen-bond donors (Lipinski definition) is 1. The van der Waals surface area contributed by atoms with Crippen molar-refractivity contribution < 1.29 is 0 Å². The molecular weight excluding hydrogens is 176 g/mol. The van der Waals surface area contributed by atoms with E-state index in [4.69, 9.17) is 5.73 Å². The van der Waals surface area contributed by atoms with Crippen LogP contribution in [0.25, 0.3) is 11.0 Å². The first-order chi connectivity index (χ1) is 6.68. The van der Waals surface area contributed by atoms with E-state index in [1.807, 2.05) is 43.3 Å². The Hall–Kier alpha value is -1.84. The first-order valence-electron chi connectivity index (χ1n) is 4.38. The number of fused-ring (bicyclic) bond motifs is 1. The van der Waals surface area contributed by atoms with Crippen LogP contribution in [0.3, 0.4) is 0 Å².